The summed E-state index contributed by atoms with van der Waals surface area (Å²) in [4.78, 5) is 12.6. The second-order valence-electron chi connectivity index (χ2n) is 6.60. The van der Waals surface area contributed by atoms with Crippen molar-refractivity contribution in [2.75, 3.05) is 6.54 Å². The number of piperidine rings is 1. The predicted molar refractivity (Wildman–Crippen MR) is 99.7 cm³/mol. The Bertz CT molecular complexity index is 1060. The Labute approximate surface area is 161 Å². The molecule has 146 valence electrons. The van der Waals surface area contributed by atoms with Gasteiger partial charge in [0.2, 0.25) is 15.8 Å². The summed E-state index contributed by atoms with van der Waals surface area (Å²) in [6.07, 6.45) is 6.87. The molecule has 1 saturated heterocycles. The molecule has 1 aromatic carbocycles. The number of benzene rings is 1. The fourth-order valence-corrected chi connectivity index (χ4v) is 5.15. The van der Waals surface area contributed by atoms with E-state index in [9.17, 15) is 12.8 Å². The van der Waals surface area contributed by atoms with Crippen molar-refractivity contribution in [3.05, 3.63) is 60.1 Å². The van der Waals surface area contributed by atoms with Crippen molar-refractivity contribution in [1.29, 1.82) is 0 Å². The summed E-state index contributed by atoms with van der Waals surface area (Å²) in [6, 6.07) is 5.46. The zero-order chi connectivity index (χ0) is 19.6. The summed E-state index contributed by atoms with van der Waals surface area (Å²) in [5.41, 5.74) is 0.659. The normalized spacial score (nSPS) is 18.2. The Morgan fingerprint density at radius 2 is 2.07 bits per heavy atom. The highest BCUT2D eigenvalue weighted by atomic mass is 32.2. The lowest BCUT2D eigenvalue weighted by atomic mass is 10.0. The molecule has 3 aromatic rings. The smallest absolute Gasteiger partial charge is 0.219 e. The van der Waals surface area contributed by atoms with Crippen LogP contribution in [0.25, 0.3) is 11.5 Å². The third kappa shape index (κ3) is 3.78. The second-order valence-corrected chi connectivity index (χ2v) is 8.53. The SMILES string of the molecule is O=S(=O)(Cc1ccccc1F)N1CCCC[C@H]1c1nc(-c2cnccn2)n[nH]1. The van der Waals surface area contributed by atoms with Gasteiger partial charge in [-0.2, -0.15) is 9.40 Å². The molecule has 28 heavy (non-hydrogen) atoms. The maximum absolute atomic E-state index is 14.0. The quantitative estimate of drug-likeness (QED) is 0.703. The Morgan fingerprint density at radius 1 is 1.21 bits per heavy atom. The molecule has 1 aliphatic rings. The fourth-order valence-electron chi connectivity index (χ4n) is 3.36. The number of H-pyrrole nitrogens is 1. The van der Waals surface area contributed by atoms with E-state index >= 15 is 0 Å². The van der Waals surface area contributed by atoms with E-state index in [-0.39, 0.29) is 11.3 Å². The summed E-state index contributed by atoms with van der Waals surface area (Å²) in [5, 5.41) is 7.00. The molecule has 0 bridgehead atoms. The van der Waals surface area contributed by atoms with Gasteiger partial charge in [0.15, 0.2) is 0 Å². The first-order chi connectivity index (χ1) is 13.5. The summed E-state index contributed by atoms with van der Waals surface area (Å²) < 4.78 is 41.5. The molecule has 10 heteroatoms. The number of hydrogen-bond acceptors (Lipinski definition) is 6. The van der Waals surface area contributed by atoms with Gasteiger partial charge in [-0.3, -0.25) is 10.1 Å². The first kappa shape index (κ1) is 18.6. The van der Waals surface area contributed by atoms with E-state index in [1.165, 1.54) is 28.7 Å². The molecular weight excluding hydrogens is 383 g/mol. The van der Waals surface area contributed by atoms with Gasteiger partial charge in [-0.25, -0.2) is 22.8 Å². The first-order valence-corrected chi connectivity index (χ1v) is 10.6. The third-order valence-corrected chi connectivity index (χ3v) is 6.54. The lowest BCUT2D eigenvalue weighted by Gasteiger charge is -2.33. The van der Waals surface area contributed by atoms with Crippen LogP contribution in [0.15, 0.2) is 42.9 Å². The molecule has 1 atom stereocenters. The molecule has 1 aliphatic heterocycles. The van der Waals surface area contributed by atoms with Gasteiger partial charge < -0.3 is 0 Å². The van der Waals surface area contributed by atoms with Crippen molar-refractivity contribution in [1.82, 2.24) is 29.5 Å². The lowest BCUT2D eigenvalue weighted by molar-refractivity contribution is 0.246. The number of sulfonamides is 1. The topological polar surface area (TPSA) is 105 Å². The van der Waals surface area contributed by atoms with E-state index < -0.39 is 21.9 Å². The Morgan fingerprint density at radius 3 is 2.86 bits per heavy atom. The average molecular weight is 402 g/mol. The van der Waals surface area contributed by atoms with Gasteiger partial charge in [0.25, 0.3) is 0 Å². The largest absolute Gasteiger partial charge is 0.261 e. The first-order valence-electron chi connectivity index (χ1n) is 8.96. The number of aromatic amines is 1. The molecule has 0 saturated carbocycles. The number of nitrogens with one attached hydrogen (secondary N) is 1. The van der Waals surface area contributed by atoms with Gasteiger partial charge in [0.05, 0.1) is 18.0 Å². The highest BCUT2D eigenvalue weighted by Gasteiger charge is 2.35. The Hall–Kier alpha value is -2.72. The van der Waals surface area contributed by atoms with Gasteiger partial charge in [0.1, 0.15) is 17.3 Å². The molecule has 1 fully saturated rings. The molecule has 8 nitrogen and oxygen atoms in total. The zero-order valence-electron chi connectivity index (χ0n) is 15.0. The molecule has 0 unspecified atom stereocenters. The maximum Gasteiger partial charge on any atom is 0.219 e. The third-order valence-electron chi connectivity index (χ3n) is 4.72. The minimum Gasteiger partial charge on any atom is -0.261 e. The van der Waals surface area contributed by atoms with Crippen LogP contribution in [0.5, 0.6) is 0 Å². The summed E-state index contributed by atoms with van der Waals surface area (Å²) in [7, 11) is -3.73. The average Bonchev–Trinajstić information content (AvgIpc) is 3.20. The van der Waals surface area contributed by atoms with Gasteiger partial charge in [-0.1, -0.05) is 24.6 Å². The van der Waals surface area contributed by atoms with E-state index in [0.717, 1.165) is 12.8 Å². The number of halogens is 1. The standard InChI is InChI=1S/C18H19FN6O2S/c19-14-6-2-1-5-13(14)12-28(26,27)25-10-4-3-7-16(25)18-22-17(23-24-18)15-11-20-8-9-21-15/h1-2,5-6,8-9,11,16H,3-4,7,10,12H2,(H,22,23,24)/t16-/m0/s1. The zero-order valence-corrected chi connectivity index (χ0v) is 15.8. The van der Waals surface area contributed by atoms with E-state index in [0.29, 0.717) is 30.3 Å². The molecular formula is C18H19FN6O2S. The van der Waals surface area contributed by atoms with Crippen molar-refractivity contribution in [2.45, 2.75) is 31.1 Å². The maximum atomic E-state index is 14.0. The monoisotopic (exact) mass is 402 g/mol. The molecule has 0 spiro atoms. The Balaban J connectivity index is 1.61. The second kappa shape index (κ2) is 7.72. The summed E-state index contributed by atoms with van der Waals surface area (Å²) >= 11 is 0. The van der Waals surface area contributed by atoms with E-state index in [1.807, 2.05) is 0 Å². The van der Waals surface area contributed by atoms with Gasteiger partial charge in [0, 0.05) is 24.5 Å². The van der Waals surface area contributed by atoms with Crippen molar-refractivity contribution in [2.24, 2.45) is 0 Å². The van der Waals surface area contributed by atoms with Crippen LogP contribution in [-0.4, -0.2) is 44.4 Å². The van der Waals surface area contributed by atoms with Crippen molar-refractivity contribution < 1.29 is 12.8 Å². The van der Waals surface area contributed by atoms with E-state index in [2.05, 4.69) is 25.1 Å². The minimum atomic E-state index is -3.73. The van der Waals surface area contributed by atoms with Gasteiger partial charge in [-0.05, 0) is 18.9 Å². The number of aromatic nitrogens is 5. The van der Waals surface area contributed by atoms with E-state index in [4.69, 9.17) is 0 Å². The Kier molecular flexibility index (Phi) is 5.14. The number of hydrogen-bond donors (Lipinski definition) is 1. The van der Waals surface area contributed by atoms with Gasteiger partial charge in [-0.15, -0.1) is 0 Å². The fraction of sp³-hybridized carbons (Fsp3) is 0.333. The lowest BCUT2D eigenvalue weighted by Crippen LogP contribution is -2.39. The highest BCUT2D eigenvalue weighted by molar-refractivity contribution is 7.88. The van der Waals surface area contributed by atoms with Crippen LogP contribution in [0.4, 0.5) is 4.39 Å². The molecule has 0 radical (unpaired) electrons. The van der Waals surface area contributed by atoms with Crippen LogP contribution in [0.2, 0.25) is 0 Å². The molecule has 0 aliphatic carbocycles. The van der Waals surface area contributed by atoms with Crippen LogP contribution < -0.4 is 0 Å². The molecule has 0 amide bonds. The van der Waals surface area contributed by atoms with Crippen molar-refractivity contribution in [3.63, 3.8) is 0 Å². The van der Waals surface area contributed by atoms with Crippen LogP contribution in [0.3, 0.4) is 0 Å². The summed E-state index contributed by atoms with van der Waals surface area (Å²) in [6.45, 7) is 0.364. The molecule has 1 N–H and O–H groups in total. The molecule has 3 heterocycles. The molecule has 2 aromatic heterocycles. The van der Waals surface area contributed by atoms with Crippen LogP contribution >= 0.6 is 0 Å². The van der Waals surface area contributed by atoms with Crippen LogP contribution in [-0.2, 0) is 15.8 Å². The van der Waals surface area contributed by atoms with Crippen LogP contribution in [0.1, 0.15) is 36.7 Å². The molecule has 4 rings (SSSR count). The van der Waals surface area contributed by atoms with Crippen molar-refractivity contribution >= 4 is 10.0 Å². The van der Waals surface area contributed by atoms with E-state index in [1.54, 1.807) is 18.5 Å². The van der Waals surface area contributed by atoms with Gasteiger partial charge >= 0.3 is 0 Å². The summed E-state index contributed by atoms with van der Waals surface area (Å²) in [5.74, 6) is -0.0942. The predicted octanol–water partition coefficient (Wildman–Crippen LogP) is 2.46. The minimum absolute atomic E-state index is 0.157. The van der Waals surface area contributed by atoms with Crippen LogP contribution in [0, 0.1) is 5.82 Å². The number of nitrogens with zero attached hydrogens (tertiary/aromatic N) is 5. The highest BCUT2D eigenvalue weighted by Crippen LogP contribution is 2.33. The van der Waals surface area contributed by atoms with Crippen molar-refractivity contribution in [3.8, 4) is 11.5 Å². The number of rotatable bonds is 5.